The molecule has 21 heavy (non-hydrogen) atoms. The van der Waals surface area contributed by atoms with Crippen LogP contribution in [0.25, 0.3) is 0 Å². The van der Waals surface area contributed by atoms with E-state index in [-0.39, 0.29) is 6.03 Å². The molecule has 0 aliphatic carbocycles. The van der Waals surface area contributed by atoms with Gasteiger partial charge in [0.05, 0.1) is 12.2 Å². The first kappa shape index (κ1) is 15.1. The Morgan fingerprint density at radius 2 is 2.19 bits per heavy atom. The number of hydrogen-bond acceptors (Lipinski definition) is 4. The van der Waals surface area contributed by atoms with Crippen LogP contribution < -0.4 is 5.32 Å². The van der Waals surface area contributed by atoms with Gasteiger partial charge < -0.3 is 14.7 Å². The maximum atomic E-state index is 12.0. The van der Waals surface area contributed by atoms with Crippen molar-refractivity contribution in [1.82, 2.24) is 25.6 Å². The molecule has 2 aromatic heterocycles. The first-order valence-electron chi connectivity index (χ1n) is 6.89. The summed E-state index contributed by atoms with van der Waals surface area (Å²) in [6.07, 6.45) is 0.779. The van der Waals surface area contributed by atoms with Crippen molar-refractivity contribution in [3.63, 3.8) is 0 Å². The van der Waals surface area contributed by atoms with Gasteiger partial charge in [0, 0.05) is 25.4 Å². The number of rotatable bonds is 5. The Balaban J connectivity index is 1.80. The Morgan fingerprint density at radius 1 is 1.43 bits per heavy atom. The van der Waals surface area contributed by atoms with Crippen molar-refractivity contribution in [3.05, 3.63) is 34.5 Å². The van der Waals surface area contributed by atoms with Crippen molar-refractivity contribution in [2.75, 3.05) is 13.6 Å². The molecule has 0 aliphatic rings. The molecule has 0 spiro atoms. The molecular formula is C14H21N5O2. The molecule has 0 aliphatic heterocycles. The Bertz CT molecular complexity index is 597. The molecule has 2 N–H and O–H groups in total. The van der Waals surface area contributed by atoms with Crippen LogP contribution in [-0.4, -0.2) is 39.9 Å². The maximum Gasteiger partial charge on any atom is 0.317 e. The highest BCUT2D eigenvalue weighted by Gasteiger charge is 2.12. The zero-order valence-corrected chi connectivity index (χ0v) is 12.9. The van der Waals surface area contributed by atoms with Crippen molar-refractivity contribution in [3.8, 4) is 0 Å². The number of urea groups is 1. The quantitative estimate of drug-likeness (QED) is 0.878. The minimum atomic E-state index is -0.130. The molecule has 0 fully saturated rings. The third kappa shape index (κ3) is 3.84. The number of hydrogen-bond donors (Lipinski definition) is 2. The van der Waals surface area contributed by atoms with E-state index in [1.807, 2.05) is 20.8 Å². The molecule has 0 saturated heterocycles. The topological polar surface area (TPSA) is 87.0 Å². The number of nitrogens with zero attached hydrogens (tertiary/aromatic N) is 3. The van der Waals surface area contributed by atoms with Crippen molar-refractivity contribution in [2.45, 2.75) is 33.7 Å². The van der Waals surface area contributed by atoms with Gasteiger partial charge in [0.2, 0.25) is 0 Å². The number of aryl methyl sites for hydroxylation is 3. The maximum absolute atomic E-state index is 12.0. The summed E-state index contributed by atoms with van der Waals surface area (Å²) >= 11 is 0. The highest BCUT2D eigenvalue weighted by atomic mass is 16.5. The van der Waals surface area contributed by atoms with E-state index in [1.54, 1.807) is 18.0 Å². The third-order valence-electron chi connectivity index (χ3n) is 3.42. The minimum absolute atomic E-state index is 0.130. The van der Waals surface area contributed by atoms with E-state index in [4.69, 9.17) is 4.52 Å². The summed E-state index contributed by atoms with van der Waals surface area (Å²) in [5, 5.41) is 13.8. The van der Waals surface area contributed by atoms with Gasteiger partial charge in [-0.05, 0) is 32.8 Å². The lowest BCUT2D eigenvalue weighted by molar-refractivity contribution is 0.208. The SMILES string of the molecule is Cc1cc(CNC(=O)N(C)CCc2c(C)n[nH]c2C)no1. The molecule has 0 atom stereocenters. The number of carbonyl (C=O) groups is 1. The first-order chi connectivity index (χ1) is 9.97. The Hall–Kier alpha value is -2.31. The molecular weight excluding hydrogens is 270 g/mol. The van der Waals surface area contributed by atoms with Gasteiger partial charge in [-0.15, -0.1) is 0 Å². The molecule has 2 amide bonds. The molecule has 7 nitrogen and oxygen atoms in total. The second-order valence-corrected chi connectivity index (χ2v) is 5.17. The number of amides is 2. The molecule has 2 aromatic rings. The number of aromatic nitrogens is 3. The molecule has 0 radical (unpaired) electrons. The van der Waals surface area contributed by atoms with Crippen LogP contribution in [0.1, 0.15) is 28.4 Å². The van der Waals surface area contributed by atoms with Crippen LogP contribution in [0.4, 0.5) is 4.79 Å². The summed E-state index contributed by atoms with van der Waals surface area (Å²) < 4.78 is 4.95. The van der Waals surface area contributed by atoms with E-state index in [0.29, 0.717) is 13.1 Å². The first-order valence-corrected chi connectivity index (χ1v) is 6.89. The summed E-state index contributed by atoms with van der Waals surface area (Å²) in [5.41, 5.74) is 3.93. The average molecular weight is 291 g/mol. The lowest BCUT2D eigenvalue weighted by atomic mass is 10.1. The fourth-order valence-corrected chi connectivity index (χ4v) is 2.13. The second kappa shape index (κ2) is 6.43. The summed E-state index contributed by atoms with van der Waals surface area (Å²) in [6, 6.07) is 1.67. The van der Waals surface area contributed by atoms with Crippen LogP contribution in [0.5, 0.6) is 0 Å². The summed E-state index contributed by atoms with van der Waals surface area (Å²) in [6.45, 7) is 6.77. The van der Waals surface area contributed by atoms with Crippen LogP contribution in [0.2, 0.25) is 0 Å². The van der Waals surface area contributed by atoms with Gasteiger partial charge in [0.15, 0.2) is 0 Å². The highest BCUT2D eigenvalue weighted by molar-refractivity contribution is 5.73. The van der Waals surface area contributed by atoms with E-state index < -0.39 is 0 Å². The van der Waals surface area contributed by atoms with Crippen molar-refractivity contribution < 1.29 is 9.32 Å². The lowest BCUT2D eigenvalue weighted by Crippen LogP contribution is -2.38. The van der Waals surface area contributed by atoms with E-state index in [2.05, 4.69) is 20.7 Å². The van der Waals surface area contributed by atoms with Gasteiger partial charge in [-0.2, -0.15) is 5.10 Å². The molecule has 0 saturated carbocycles. The normalized spacial score (nSPS) is 10.7. The lowest BCUT2D eigenvalue weighted by Gasteiger charge is -2.17. The van der Waals surface area contributed by atoms with Crippen molar-refractivity contribution in [2.24, 2.45) is 0 Å². The number of H-pyrrole nitrogens is 1. The van der Waals surface area contributed by atoms with Crippen LogP contribution in [0.15, 0.2) is 10.6 Å². The molecule has 2 heterocycles. The Labute approximate surface area is 123 Å². The monoisotopic (exact) mass is 291 g/mol. The van der Waals surface area contributed by atoms with E-state index in [1.165, 1.54) is 5.56 Å². The summed E-state index contributed by atoms with van der Waals surface area (Å²) in [5.74, 6) is 0.735. The fourth-order valence-electron chi connectivity index (χ4n) is 2.13. The largest absolute Gasteiger partial charge is 0.361 e. The van der Waals surface area contributed by atoms with Gasteiger partial charge in [0.25, 0.3) is 0 Å². The second-order valence-electron chi connectivity index (χ2n) is 5.17. The van der Waals surface area contributed by atoms with Gasteiger partial charge in [-0.25, -0.2) is 4.79 Å². The molecule has 114 valence electrons. The number of likely N-dealkylation sites (N-methyl/N-ethyl adjacent to an activating group) is 1. The third-order valence-corrected chi connectivity index (χ3v) is 3.42. The zero-order chi connectivity index (χ0) is 15.4. The predicted octanol–water partition coefficient (Wildman–Crippen LogP) is 1.71. The minimum Gasteiger partial charge on any atom is -0.361 e. The molecule has 0 unspecified atom stereocenters. The predicted molar refractivity (Wildman–Crippen MR) is 77.9 cm³/mol. The van der Waals surface area contributed by atoms with Gasteiger partial charge in [0.1, 0.15) is 11.5 Å². The average Bonchev–Trinajstić information content (AvgIpc) is 3.00. The summed E-state index contributed by atoms with van der Waals surface area (Å²) in [4.78, 5) is 13.6. The van der Waals surface area contributed by atoms with Crippen LogP contribution in [0.3, 0.4) is 0 Å². The highest BCUT2D eigenvalue weighted by Crippen LogP contribution is 2.10. The smallest absolute Gasteiger partial charge is 0.317 e. The van der Waals surface area contributed by atoms with Crippen molar-refractivity contribution in [1.29, 1.82) is 0 Å². The Morgan fingerprint density at radius 3 is 2.76 bits per heavy atom. The van der Waals surface area contributed by atoms with E-state index in [9.17, 15) is 4.79 Å². The van der Waals surface area contributed by atoms with Gasteiger partial charge >= 0.3 is 6.03 Å². The molecule has 0 bridgehead atoms. The number of nitrogens with one attached hydrogen (secondary N) is 2. The van der Waals surface area contributed by atoms with Gasteiger partial charge in [-0.1, -0.05) is 5.16 Å². The molecule has 7 heteroatoms. The van der Waals surface area contributed by atoms with Gasteiger partial charge in [-0.3, -0.25) is 5.10 Å². The molecule has 0 aromatic carbocycles. The van der Waals surface area contributed by atoms with Crippen LogP contribution in [0, 0.1) is 20.8 Å². The van der Waals surface area contributed by atoms with E-state index in [0.717, 1.165) is 29.3 Å². The van der Waals surface area contributed by atoms with Crippen molar-refractivity contribution >= 4 is 6.03 Å². The zero-order valence-electron chi connectivity index (χ0n) is 12.9. The van der Waals surface area contributed by atoms with Crippen LogP contribution in [-0.2, 0) is 13.0 Å². The summed E-state index contributed by atoms with van der Waals surface area (Å²) in [7, 11) is 1.77. The Kier molecular flexibility index (Phi) is 4.62. The van der Waals surface area contributed by atoms with E-state index >= 15 is 0 Å². The standard InChI is InChI=1S/C14H21N5O2/c1-9-7-12(18-21-9)8-15-14(20)19(4)6-5-13-10(2)16-17-11(13)3/h7H,5-6,8H2,1-4H3,(H,15,20)(H,16,17). The fraction of sp³-hybridized carbons (Fsp3) is 0.500. The number of aromatic amines is 1. The number of carbonyl (C=O) groups excluding carboxylic acids is 1. The molecule has 2 rings (SSSR count). The van der Waals surface area contributed by atoms with Crippen LogP contribution >= 0.6 is 0 Å².